The number of carbonyl (C=O) groups is 2. The maximum Gasteiger partial charge on any atom is 0.234 e. The molecule has 1 aromatic carbocycles. The fourth-order valence-electron chi connectivity index (χ4n) is 4.88. The van der Waals surface area contributed by atoms with E-state index < -0.39 is 17.4 Å². The molecule has 30 heavy (non-hydrogen) atoms. The highest BCUT2D eigenvalue weighted by atomic mass is 16.7. The van der Waals surface area contributed by atoms with Crippen LogP contribution in [0.2, 0.25) is 0 Å². The molecule has 2 aromatic rings. The fraction of sp³-hybridized carbons (Fsp3) is 0.318. The topological polar surface area (TPSA) is 90.0 Å². The number of amides is 2. The number of anilines is 1. The van der Waals surface area contributed by atoms with Gasteiger partial charge in [0.05, 0.1) is 24.5 Å². The molecule has 0 aliphatic carbocycles. The molecule has 5 heterocycles. The Bertz CT molecular complexity index is 1070. The third-order valence-electron chi connectivity index (χ3n) is 6.29. The number of hydrogen-bond donors (Lipinski definition) is 1. The Morgan fingerprint density at radius 3 is 2.90 bits per heavy atom. The second-order valence-corrected chi connectivity index (χ2v) is 7.94. The summed E-state index contributed by atoms with van der Waals surface area (Å²) in [6.07, 6.45) is 6.84. The first-order chi connectivity index (χ1) is 14.6. The number of ether oxygens (including phenoxy) is 3. The van der Waals surface area contributed by atoms with Gasteiger partial charge in [0.15, 0.2) is 11.5 Å². The lowest BCUT2D eigenvalue weighted by molar-refractivity contribution is -0.132. The minimum absolute atomic E-state index is 0.107. The smallest absolute Gasteiger partial charge is 0.234 e. The van der Waals surface area contributed by atoms with Crippen LogP contribution < -0.4 is 19.7 Å². The van der Waals surface area contributed by atoms with Crippen LogP contribution in [0, 0.1) is 11.8 Å². The van der Waals surface area contributed by atoms with Gasteiger partial charge in [0.2, 0.25) is 18.6 Å². The first-order valence-corrected chi connectivity index (χ1v) is 9.89. The molecular weight excluding hydrogens is 386 g/mol. The van der Waals surface area contributed by atoms with Crippen LogP contribution in [0.4, 0.5) is 5.69 Å². The quantitative estimate of drug-likeness (QED) is 0.774. The van der Waals surface area contributed by atoms with Crippen molar-refractivity contribution >= 4 is 17.5 Å². The Hall–Kier alpha value is -3.39. The summed E-state index contributed by atoms with van der Waals surface area (Å²) >= 11 is 0. The van der Waals surface area contributed by atoms with Crippen LogP contribution in [-0.4, -0.2) is 41.8 Å². The van der Waals surface area contributed by atoms with Crippen molar-refractivity contribution in [1.82, 2.24) is 10.3 Å². The summed E-state index contributed by atoms with van der Waals surface area (Å²) in [4.78, 5) is 32.1. The number of nitrogens with zero attached hydrogens (tertiary/aromatic N) is 2. The van der Waals surface area contributed by atoms with Gasteiger partial charge in [-0.05, 0) is 29.8 Å². The average Bonchev–Trinajstić information content (AvgIpc) is 3.53. The monoisotopic (exact) mass is 405 g/mol. The zero-order chi connectivity index (χ0) is 20.3. The van der Waals surface area contributed by atoms with Crippen molar-refractivity contribution in [3.05, 3.63) is 60.4 Å². The van der Waals surface area contributed by atoms with Crippen LogP contribution >= 0.6 is 0 Å². The Morgan fingerprint density at radius 2 is 2.03 bits per heavy atom. The summed E-state index contributed by atoms with van der Waals surface area (Å²) < 4.78 is 17.0. The molecule has 152 valence electrons. The molecule has 4 aliphatic rings. The number of carbonyl (C=O) groups excluding carboxylic acids is 2. The molecule has 0 radical (unpaired) electrons. The van der Waals surface area contributed by atoms with Crippen molar-refractivity contribution in [3.8, 4) is 11.5 Å². The molecule has 1 spiro atoms. The zero-order valence-corrected chi connectivity index (χ0v) is 16.0. The van der Waals surface area contributed by atoms with Crippen molar-refractivity contribution in [1.29, 1.82) is 0 Å². The number of rotatable bonds is 4. The van der Waals surface area contributed by atoms with E-state index in [0.29, 0.717) is 30.3 Å². The van der Waals surface area contributed by atoms with E-state index in [2.05, 4.69) is 10.3 Å². The molecule has 8 heteroatoms. The molecule has 0 saturated carbocycles. The van der Waals surface area contributed by atoms with E-state index in [-0.39, 0.29) is 24.7 Å². The highest BCUT2D eigenvalue weighted by Crippen LogP contribution is 2.53. The van der Waals surface area contributed by atoms with Gasteiger partial charge < -0.3 is 24.4 Å². The van der Waals surface area contributed by atoms with Crippen molar-refractivity contribution in [2.24, 2.45) is 11.8 Å². The molecule has 2 bridgehead atoms. The standard InChI is InChI=1S/C22H19N3O5/c26-20(24-10-13-4-7-23-8-5-13)18-16-3-6-22(30-16)11-25(21(27)19(18)22)14-1-2-15-17(9-14)29-12-28-15/h1-9,16,18-19H,10-12H2,(H,24,26)/t16-,18+,19+,22+/m1/s1. The highest BCUT2D eigenvalue weighted by molar-refractivity contribution is 6.03. The molecule has 6 rings (SSSR count). The van der Waals surface area contributed by atoms with Crippen molar-refractivity contribution < 1.29 is 23.8 Å². The number of fused-ring (bicyclic) bond motifs is 2. The number of pyridine rings is 1. The third-order valence-corrected chi connectivity index (χ3v) is 6.29. The number of benzene rings is 1. The van der Waals surface area contributed by atoms with Gasteiger partial charge in [-0.1, -0.05) is 12.2 Å². The predicted molar refractivity (Wildman–Crippen MR) is 105 cm³/mol. The summed E-state index contributed by atoms with van der Waals surface area (Å²) in [6, 6.07) is 9.12. The Kier molecular flexibility index (Phi) is 3.67. The third kappa shape index (κ3) is 2.46. The van der Waals surface area contributed by atoms with Gasteiger partial charge in [-0.15, -0.1) is 0 Å². The van der Waals surface area contributed by atoms with Crippen molar-refractivity contribution in [2.45, 2.75) is 18.2 Å². The molecule has 4 atom stereocenters. The van der Waals surface area contributed by atoms with Gasteiger partial charge in [0.25, 0.3) is 0 Å². The van der Waals surface area contributed by atoms with E-state index in [1.54, 1.807) is 29.4 Å². The van der Waals surface area contributed by atoms with Crippen LogP contribution in [0.15, 0.2) is 54.9 Å². The van der Waals surface area contributed by atoms with Crippen molar-refractivity contribution in [3.63, 3.8) is 0 Å². The van der Waals surface area contributed by atoms with E-state index in [9.17, 15) is 9.59 Å². The molecule has 1 N–H and O–H groups in total. The molecule has 1 aromatic heterocycles. The molecule has 8 nitrogen and oxygen atoms in total. The molecule has 2 amide bonds. The largest absolute Gasteiger partial charge is 0.454 e. The summed E-state index contributed by atoms with van der Waals surface area (Å²) in [7, 11) is 0. The lowest BCUT2D eigenvalue weighted by atomic mass is 9.77. The van der Waals surface area contributed by atoms with E-state index in [1.807, 2.05) is 30.4 Å². The first-order valence-electron chi connectivity index (χ1n) is 9.89. The Morgan fingerprint density at radius 1 is 1.20 bits per heavy atom. The molecule has 0 unspecified atom stereocenters. The van der Waals surface area contributed by atoms with Gasteiger partial charge in [0.1, 0.15) is 5.60 Å². The van der Waals surface area contributed by atoms with Crippen LogP contribution in [0.1, 0.15) is 5.56 Å². The summed E-state index contributed by atoms with van der Waals surface area (Å²) in [5.74, 6) is -0.103. The number of nitrogens with one attached hydrogen (secondary N) is 1. The van der Waals surface area contributed by atoms with Gasteiger partial charge in [-0.25, -0.2) is 0 Å². The number of hydrogen-bond acceptors (Lipinski definition) is 6. The Balaban J connectivity index is 1.25. The van der Waals surface area contributed by atoms with E-state index in [4.69, 9.17) is 14.2 Å². The van der Waals surface area contributed by atoms with Crippen LogP contribution in [0.3, 0.4) is 0 Å². The zero-order valence-electron chi connectivity index (χ0n) is 16.0. The molecule has 2 saturated heterocycles. The molecular formula is C22H19N3O5. The molecule has 4 aliphatic heterocycles. The predicted octanol–water partition coefficient (Wildman–Crippen LogP) is 1.41. The molecule has 2 fully saturated rings. The van der Waals surface area contributed by atoms with E-state index in [0.717, 1.165) is 5.56 Å². The minimum Gasteiger partial charge on any atom is -0.454 e. The van der Waals surface area contributed by atoms with Gasteiger partial charge in [-0.2, -0.15) is 0 Å². The maximum atomic E-state index is 13.4. The number of aromatic nitrogens is 1. The highest BCUT2D eigenvalue weighted by Gasteiger charge is 2.67. The second-order valence-electron chi connectivity index (χ2n) is 7.94. The van der Waals surface area contributed by atoms with Gasteiger partial charge in [-0.3, -0.25) is 14.6 Å². The van der Waals surface area contributed by atoms with Crippen LogP contribution in [-0.2, 0) is 20.9 Å². The summed E-state index contributed by atoms with van der Waals surface area (Å²) in [5.41, 5.74) is 0.897. The Labute approximate surface area is 172 Å². The van der Waals surface area contributed by atoms with E-state index in [1.165, 1.54) is 0 Å². The normalized spacial score (nSPS) is 30.1. The lowest BCUT2D eigenvalue weighted by Gasteiger charge is -2.23. The SMILES string of the molecule is O=C(NCc1ccncc1)[C@@H]1[C@H]2C(=O)N(c3ccc4c(c3)OCO4)C[C@@]23C=C[C@H]1O3. The van der Waals surface area contributed by atoms with Gasteiger partial charge >= 0.3 is 0 Å². The van der Waals surface area contributed by atoms with Crippen LogP contribution in [0.25, 0.3) is 0 Å². The first kappa shape index (κ1) is 17.5. The maximum absolute atomic E-state index is 13.4. The summed E-state index contributed by atoms with van der Waals surface area (Å²) in [6.45, 7) is 0.928. The van der Waals surface area contributed by atoms with Crippen LogP contribution in [0.5, 0.6) is 11.5 Å². The minimum atomic E-state index is -0.767. The fourth-order valence-corrected chi connectivity index (χ4v) is 4.88. The second kappa shape index (κ2) is 6.30. The van der Waals surface area contributed by atoms with Gasteiger partial charge in [0, 0.05) is 30.7 Å². The van der Waals surface area contributed by atoms with E-state index >= 15 is 0 Å². The van der Waals surface area contributed by atoms with Crippen molar-refractivity contribution in [2.75, 3.05) is 18.2 Å². The summed E-state index contributed by atoms with van der Waals surface area (Å²) in [5, 5.41) is 2.96. The lowest BCUT2D eigenvalue weighted by Crippen LogP contribution is -2.43. The average molecular weight is 405 g/mol.